The standard InChI is InChI=1S/C20H16BrCl2N5O3/c1-3-7-27(20(30)31)14-9-12(22)8-11(2)17(14)25-19(29)15-10-16(21)26-28(15)18-13(23)5-4-6-24-18/h3-6,8-10H,1,7H2,2H3,(H,25,29)(H,30,31). The monoisotopic (exact) mass is 523 g/mol. The Kier molecular flexibility index (Phi) is 6.99. The van der Waals surface area contributed by atoms with Crippen LogP contribution in [0.4, 0.5) is 16.2 Å². The first-order valence-corrected chi connectivity index (χ1v) is 10.4. The zero-order valence-electron chi connectivity index (χ0n) is 16.1. The van der Waals surface area contributed by atoms with Crippen LogP contribution in [0.15, 0.2) is 53.8 Å². The van der Waals surface area contributed by atoms with E-state index in [1.165, 1.54) is 29.1 Å². The number of aromatic nitrogens is 3. The number of anilines is 2. The van der Waals surface area contributed by atoms with Crippen molar-refractivity contribution < 1.29 is 14.7 Å². The van der Waals surface area contributed by atoms with Crippen molar-refractivity contribution in [3.8, 4) is 5.82 Å². The van der Waals surface area contributed by atoms with Crippen LogP contribution in [0.25, 0.3) is 5.82 Å². The maximum atomic E-state index is 13.2. The lowest BCUT2D eigenvalue weighted by Crippen LogP contribution is -2.31. The van der Waals surface area contributed by atoms with Crippen LogP contribution in [-0.2, 0) is 0 Å². The summed E-state index contributed by atoms with van der Waals surface area (Å²) in [5.74, 6) is -0.276. The number of halogens is 3. The van der Waals surface area contributed by atoms with Crippen molar-refractivity contribution in [2.24, 2.45) is 0 Å². The number of hydrogen-bond acceptors (Lipinski definition) is 4. The molecule has 2 heterocycles. The van der Waals surface area contributed by atoms with Crippen molar-refractivity contribution in [3.05, 3.63) is 75.1 Å². The van der Waals surface area contributed by atoms with E-state index in [0.717, 1.165) is 4.90 Å². The number of nitrogens with one attached hydrogen (secondary N) is 1. The predicted octanol–water partition coefficient (Wildman–Crippen LogP) is 5.57. The van der Waals surface area contributed by atoms with Gasteiger partial charge in [-0.2, -0.15) is 5.10 Å². The van der Waals surface area contributed by atoms with Gasteiger partial charge in [0, 0.05) is 23.8 Å². The summed E-state index contributed by atoms with van der Waals surface area (Å²) < 4.78 is 1.69. The SMILES string of the molecule is C=CCN(C(=O)O)c1cc(Cl)cc(C)c1NC(=O)c1cc(Br)nn1-c1ncccc1Cl. The van der Waals surface area contributed by atoms with Crippen molar-refractivity contribution >= 4 is 62.5 Å². The fraction of sp³-hybridized carbons (Fsp3) is 0.100. The molecule has 0 saturated heterocycles. The largest absolute Gasteiger partial charge is 0.465 e. The number of amides is 2. The van der Waals surface area contributed by atoms with Gasteiger partial charge < -0.3 is 10.4 Å². The van der Waals surface area contributed by atoms with Crippen LogP contribution in [0.3, 0.4) is 0 Å². The first kappa shape index (κ1) is 22.8. The maximum Gasteiger partial charge on any atom is 0.412 e. The Hall–Kier alpha value is -2.88. The minimum Gasteiger partial charge on any atom is -0.465 e. The summed E-state index contributed by atoms with van der Waals surface area (Å²) in [5, 5.41) is 17.3. The van der Waals surface area contributed by atoms with Crippen molar-refractivity contribution in [1.82, 2.24) is 14.8 Å². The van der Waals surface area contributed by atoms with Crippen LogP contribution < -0.4 is 10.2 Å². The molecule has 1 aromatic carbocycles. The predicted molar refractivity (Wildman–Crippen MR) is 124 cm³/mol. The first-order valence-electron chi connectivity index (χ1n) is 8.82. The summed E-state index contributed by atoms with van der Waals surface area (Å²) in [4.78, 5) is 30.2. The quantitative estimate of drug-likeness (QED) is 0.410. The van der Waals surface area contributed by atoms with E-state index in [1.807, 2.05) is 0 Å². The van der Waals surface area contributed by atoms with Crippen LogP contribution in [-0.4, -0.2) is 38.4 Å². The Morgan fingerprint density at radius 3 is 2.74 bits per heavy atom. The summed E-state index contributed by atoms with van der Waals surface area (Å²) in [6.07, 6.45) is 1.75. The van der Waals surface area contributed by atoms with E-state index in [4.69, 9.17) is 23.2 Å². The van der Waals surface area contributed by atoms with E-state index in [-0.39, 0.29) is 29.4 Å². The number of rotatable bonds is 6. The number of benzene rings is 1. The van der Waals surface area contributed by atoms with Crippen LogP contribution in [0.5, 0.6) is 0 Å². The molecule has 2 aromatic heterocycles. The Labute approximate surface area is 196 Å². The van der Waals surface area contributed by atoms with Gasteiger partial charge in [-0.25, -0.2) is 14.5 Å². The first-order chi connectivity index (χ1) is 14.7. The second-order valence-electron chi connectivity index (χ2n) is 6.33. The normalized spacial score (nSPS) is 10.6. The molecule has 11 heteroatoms. The third kappa shape index (κ3) is 4.90. The Morgan fingerprint density at radius 1 is 1.35 bits per heavy atom. The lowest BCUT2D eigenvalue weighted by molar-refractivity contribution is 0.101. The minimum atomic E-state index is -1.22. The number of carboxylic acid groups (broad SMARTS) is 1. The molecule has 160 valence electrons. The van der Waals surface area contributed by atoms with Crippen LogP contribution in [0.1, 0.15) is 16.1 Å². The molecule has 3 aromatic rings. The fourth-order valence-electron chi connectivity index (χ4n) is 2.90. The minimum absolute atomic E-state index is 0.00497. The van der Waals surface area contributed by atoms with Crippen molar-refractivity contribution in [3.63, 3.8) is 0 Å². The number of aryl methyl sites for hydroxylation is 1. The van der Waals surface area contributed by atoms with E-state index >= 15 is 0 Å². The topological polar surface area (TPSA) is 100 Å². The van der Waals surface area contributed by atoms with Crippen LogP contribution >= 0.6 is 39.1 Å². The van der Waals surface area contributed by atoms with E-state index in [2.05, 4.69) is 37.9 Å². The van der Waals surface area contributed by atoms with Gasteiger partial charge in [0.15, 0.2) is 5.82 Å². The average Bonchev–Trinajstić information content (AvgIpc) is 3.09. The smallest absolute Gasteiger partial charge is 0.412 e. The number of hydrogen-bond donors (Lipinski definition) is 2. The van der Waals surface area contributed by atoms with E-state index < -0.39 is 12.0 Å². The fourth-order valence-corrected chi connectivity index (χ4v) is 3.74. The molecule has 3 rings (SSSR count). The van der Waals surface area contributed by atoms with Gasteiger partial charge in [0.25, 0.3) is 5.91 Å². The number of carbonyl (C=O) groups excluding carboxylic acids is 1. The third-order valence-corrected chi connectivity index (χ3v) is 5.10. The summed E-state index contributed by atoms with van der Waals surface area (Å²) in [6, 6.07) is 7.88. The molecule has 0 fully saturated rings. The summed E-state index contributed by atoms with van der Waals surface area (Å²) >= 11 is 15.6. The highest BCUT2D eigenvalue weighted by molar-refractivity contribution is 9.10. The Balaban J connectivity index is 2.07. The number of nitrogens with zero attached hydrogens (tertiary/aromatic N) is 4. The van der Waals surface area contributed by atoms with E-state index in [0.29, 0.717) is 20.2 Å². The third-order valence-electron chi connectivity index (χ3n) is 4.20. The second kappa shape index (κ2) is 9.51. The van der Waals surface area contributed by atoms with Gasteiger partial charge in [0.2, 0.25) is 0 Å². The molecule has 0 saturated carbocycles. The van der Waals surface area contributed by atoms with Gasteiger partial charge in [-0.15, -0.1) is 6.58 Å². The van der Waals surface area contributed by atoms with Crippen LogP contribution in [0.2, 0.25) is 10.0 Å². The molecule has 2 N–H and O–H groups in total. The highest BCUT2D eigenvalue weighted by atomic mass is 79.9. The lowest BCUT2D eigenvalue weighted by Gasteiger charge is -2.23. The van der Waals surface area contributed by atoms with Crippen molar-refractivity contribution in [2.45, 2.75) is 6.92 Å². The van der Waals surface area contributed by atoms with Crippen molar-refractivity contribution in [1.29, 1.82) is 0 Å². The summed E-state index contributed by atoms with van der Waals surface area (Å²) in [5.41, 5.74) is 1.21. The molecule has 0 aliphatic carbocycles. The molecule has 0 spiro atoms. The zero-order valence-corrected chi connectivity index (χ0v) is 19.2. The molecular formula is C20H16BrCl2N5O3. The number of pyridine rings is 1. The molecule has 0 unspecified atom stereocenters. The highest BCUT2D eigenvalue weighted by Crippen LogP contribution is 2.34. The second-order valence-corrected chi connectivity index (χ2v) is 7.98. The molecule has 8 nitrogen and oxygen atoms in total. The lowest BCUT2D eigenvalue weighted by atomic mass is 10.1. The average molecular weight is 525 g/mol. The highest BCUT2D eigenvalue weighted by Gasteiger charge is 2.24. The van der Waals surface area contributed by atoms with Gasteiger partial charge in [-0.3, -0.25) is 9.69 Å². The molecule has 31 heavy (non-hydrogen) atoms. The molecule has 0 aliphatic heterocycles. The summed E-state index contributed by atoms with van der Waals surface area (Å²) in [6.45, 7) is 5.30. The molecule has 0 radical (unpaired) electrons. The van der Waals surface area contributed by atoms with E-state index in [1.54, 1.807) is 25.1 Å². The van der Waals surface area contributed by atoms with Gasteiger partial charge in [0.1, 0.15) is 10.3 Å². The molecule has 0 aliphatic rings. The maximum absolute atomic E-state index is 13.2. The summed E-state index contributed by atoms with van der Waals surface area (Å²) in [7, 11) is 0. The van der Waals surface area contributed by atoms with Crippen molar-refractivity contribution in [2.75, 3.05) is 16.8 Å². The zero-order chi connectivity index (χ0) is 22.7. The Bertz CT molecular complexity index is 1180. The molecule has 2 amide bonds. The molecular weight excluding hydrogens is 509 g/mol. The van der Waals surface area contributed by atoms with E-state index in [9.17, 15) is 14.7 Å². The molecule has 0 bridgehead atoms. The van der Waals surface area contributed by atoms with Gasteiger partial charge in [-0.1, -0.05) is 29.3 Å². The van der Waals surface area contributed by atoms with Gasteiger partial charge in [0.05, 0.1) is 16.4 Å². The number of carbonyl (C=O) groups is 2. The van der Waals surface area contributed by atoms with Crippen LogP contribution in [0, 0.1) is 6.92 Å². The van der Waals surface area contributed by atoms with Gasteiger partial charge >= 0.3 is 6.09 Å². The molecule has 0 atom stereocenters. The Morgan fingerprint density at radius 2 is 2.10 bits per heavy atom. The van der Waals surface area contributed by atoms with Gasteiger partial charge in [-0.05, 0) is 52.7 Å².